The lowest BCUT2D eigenvalue weighted by Crippen LogP contribution is -2.59. The first kappa shape index (κ1) is 52.1. The summed E-state index contributed by atoms with van der Waals surface area (Å²) >= 11 is 0. The first-order valence-electron chi connectivity index (χ1n) is 24.7. The molecule has 0 aliphatic heterocycles. The molecule has 6 aromatic carbocycles. The van der Waals surface area contributed by atoms with Crippen LogP contribution in [0.5, 0.6) is 5.75 Å². The molecular weight excluding hydrogens is 947 g/mol. The Morgan fingerprint density at radius 2 is 1.12 bits per heavy atom. The summed E-state index contributed by atoms with van der Waals surface area (Å²) in [5.41, 5.74) is 7.51. The van der Waals surface area contributed by atoms with Crippen LogP contribution in [0.2, 0.25) is 0 Å². The number of aliphatic carboxylic acids is 1. The lowest BCUT2D eigenvalue weighted by Gasteiger charge is -2.27. The number of hydrogen-bond donors (Lipinski definition) is 8. The zero-order chi connectivity index (χ0) is 52.8. The van der Waals surface area contributed by atoms with E-state index >= 15 is 4.79 Å². The Labute approximate surface area is 434 Å². The number of carboxylic acids is 1. The maximum absolute atomic E-state index is 15.0. The van der Waals surface area contributed by atoms with Crippen molar-refractivity contribution in [2.75, 3.05) is 6.61 Å². The molecule has 2 aromatic heterocycles. The number of aryl methyl sites for hydroxylation is 2. The van der Waals surface area contributed by atoms with E-state index in [4.69, 9.17) is 4.74 Å². The molecule has 0 aliphatic carbocycles. The van der Waals surface area contributed by atoms with Gasteiger partial charge in [0.05, 0.1) is 0 Å². The summed E-state index contributed by atoms with van der Waals surface area (Å²) in [7, 11) is 0. The van der Waals surface area contributed by atoms with E-state index < -0.39 is 72.3 Å². The van der Waals surface area contributed by atoms with E-state index in [1.165, 1.54) is 6.92 Å². The van der Waals surface area contributed by atoms with Crippen LogP contribution in [0.4, 0.5) is 0 Å². The number of aromatic nitrogens is 2. The van der Waals surface area contributed by atoms with Crippen molar-refractivity contribution in [3.63, 3.8) is 0 Å². The van der Waals surface area contributed by atoms with Crippen LogP contribution >= 0.6 is 0 Å². The minimum absolute atomic E-state index is 0.0474. The van der Waals surface area contributed by atoms with Gasteiger partial charge in [0.15, 0.2) is 6.61 Å². The highest BCUT2D eigenvalue weighted by Gasteiger charge is 2.34. The SMILES string of the molecule is C=C(c1c[nH]c2ccccc12)[C@H](NC(=O)COc1ccc(C)cc1)C(=O)N[C@H](Cc1ccc(-c2ccccc2)cc1)C(=O)N[C@@H](Cc1c[nH]c2ccccc12)C(=O)N[C@H](C)C(=O)N[C@H](CCc1ccccc1)C(=O)O. The molecule has 382 valence electrons. The number of fused-ring (bicyclic) bond motifs is 2. The number of carboxylic acid groups (broad SMARTS) is 1. The number of benzene rings is 6. The number of aromatic amines is 2. The van der Waals surface area contributed by atoms with E-state index in [1.807, 2.05) is 153 Å². The number of carbonyl (C=O) groups is 6. The van der Waals surface area contributed by atoms with E-state index in [1.54, 1.807) is 24.5 Å². The van der Waals surface area contributed by atoms with Crippen molar-refractivity contribution in [2.24, 2.45) is 0 Å². The molecule has 0 radical (unpaired) electrons. The van der Waals surface area contributed by atoms with Gasteiger partial charge in [0, 0.05) is 52.6 Å². The minimum Gasteiger partial charge on any atom is -0.484 e. The first-order valence-corrected chi connectivity index (χ1v) is 24.7. The molecule has 15 nitrogen and oxygen atoms in total. The fourth-order valence-electron chi connectivity index (χ4n) is 8.84. The fraction of sp³-hybridized carbons (Fsp3) is 0.200. The molecule has 0 saturated carbocycles. The molecule has 8 N–H and O–H groups in total. The van der Waals surface area contributed by atoms with Crippen molar-refractivity contribution >= 4 is 62.9 Å². The average molecular weight is 1010 g/mol. The lowest BCUT2D eigenvalue weighted by atomic mass is 9.97. The highest BCUT2D eigenvalue weighted by Crippen LogP contribution is 2.27. The molecule has 5 amide bonds. The second-order valence-electron chi connectivity index (χ2n) is 18.5. The van der Waals surface area contributed by atoms with Gasteiger partial charge in [-0.2, -0.15) is 0 Å². The van der Waals surface area contributed by atoms with Gasteiger partial charge in [0.25, 0.3) is 5.91 Å². The van der Waals surface area contributed by atoms with E-state index in [-0.39, 0.29) is 24.8 Å². The van der Waals surface area contributed by atoms with E-state index in [0.717, 1.165) is 44.1 Å². The van der Waals surface area contributed by atoms with Crippen LogP contribution in [-0.4, -0.2) is 87.4 Å². The zero-order valence-corrected chi connectivity index (χ0v) is 41.6. The predicted octanol–water partition coefficient (Wildman–Crippen LogP) is 7.36. The molecule has 8 rings (SSSR count). The number of rotatable bonds is 23. The third kappa shape index (κ3) is 13.6. The molecule has 75 heavy (non-hydrogen) atoms. The Morgan fingerprint density at radius 3 is 1.81 bits per heavy atom. The van der Waals surface area contributed by atoms with Crippen LogP contribution < -0.4 is 31.3 Å². The zero-order valence-electron chi connectivity index (χ0n) is 41.6. The molecule has 0 saturated heterocycles. The summed E-state index contributed by atoms with van der Waals surface area (Å²) in [6.45, 7) is 7.22. The van der Waals surface area contributed by atoms with Gasteiger partial charge < -0.3 is 46.4 Å². The summed E-state index contributed by atoms with van der Waals surface area (Å²) in [5, 5.41) is 25.4. The van der Waals surface area contributed by atoms with E-state index in [0.29, 0.717) is 28.9 Å². The van der Waals surface area contributed by atoms with Crippen molar-refractivity contribution in [2.45, 2.75) is 69.7 Å². The third-order valence-corrected chi connectivity index (χ3v) is 13.0. The molecule has 2 heterocycles. The molecule has 15 heteroatoms. The van der Waals surface area contributed by atoms with Gasteiger partial charge in [0.1, 0.15) is 36.0 Å². The Bertz CT molecular complexity index is 3300. The molecule has 5 atom stereocenters. The quantitative estimate of drug-likeness (QED) is 0.0323. The molecular formula is C60H59N7O8. The number of para-hydroxylation sites is 2. The van der Waals surface area contributed by atoms with E-state index in [9.17, 15) is 29.1 Å². The second kappa shape index (κ2) is 24.5. The highest BCUT2D eigenvalue weighted by atomic mass is 16.5. The summed E-state index contributed by atoms with van der Waals surface area (Å²) in [4.78, 5) is 90.5. The molecule has 0 spiro atoms. The monoisotopic (exact) mass is 1010 g/mol. The summed E-state index contributed by atoms with van der Waals surface area (Å²) in [6, 6.07) is 42.0. The van der Waals surface area contributed by atoms with Gasteiger partial charge in [-0.05, 0) is 84.3 Å². The van der Waals surface area contributed by atoms with Crippen LogP contribution in [0.15, 0.2) is 177 Å². The van der Waals surface area contributed by atoms with Gasteiger partial charge in [-0.1, -0.05) is 146 Å². The molecule has 0 bridgehead atoms. The largest absolute Gasteiger partial charge is 0.484 e. The van der Waals surface area contributed by atoms with Gasteiger partial charge in [-0.15, -0.1) is 0 Å². The van der Waals surface area contributed by atoms with Crippen molar-refractivity contribution in [3.05, 3.63) is 205 Å². The molecule has 0 aliphatic rings. The summed E-state index contributed by atoms with van der Waals surface area (Å²) in [5.74, 6) is -4.40. The van der Waals surface area contributed by atoms with Crippen LogP contribution in [0, 0.1) is 6.92 Å². The van der Waals surface area contributed by atoms with Crippen LogP contribution in [0.3, 0.4) is 0 Å². The van der Waals surface area contributed by atoms with Crippen LogP contribution in [-0.2, 0) is 48.0 Å². The topological polar surface area (TPSA) is 224 Å². The Morgan fingerprint density at radius 1 is 0.560 bits per heavy atom. The summed E-state index contributed by atoms with van der Waals surface area (Å²) in [6.07, 6.45) is 3.82. The first-order chi connectivity index (χ1) is 36.3. The lowest BCUT2D eigenvalue weighted by molar-refractivity contribution is -0.142. The second-order valence-corrected chi connectivity index (χ2v) is 18.5. The molecule has 0 fully saturated rings. The van der Waals surface area contributed by atoms with Crippen LogP contribution in [0.1, 0.15) is 41.2 Å². The third-order valence-electron chi connectivity index (χ3n) is 13.0. The smallest absolute Gasteiger partial charge is 0.326 e. The number of hydrogen-bond acceptors (Lipinski definition) is 7. The number of nitrogens with one attached hydrogen (secondary N) is 7. The number of carbonyl (C=O) groups excluding carboxylic acids is 5. The maximum Gasteiger partial charge on any atom is 0.326 e. The van der Waals surface area contributed by atoms with Crippen LogP contribution in [0.25, 0.3) is 38.5 Å². The van der Waals surface area contributed by atoms with Crippen molar-refractivity contribution in [3.8, 4) is 16.9 Å². The highest BCUT2D eigenvalue weighted by molar-refractivity contribution is 6.05. The Kier molecular flexibility index (Phi) is 17.0. The summed E-state index contributed by atoms with van der Waals surface area (Å²) < 4.78 is 5.78. The van der Waals surface area contributed by atoms with Crippen molar-refractivity contribution in [1.82, 2.24) is 36.6 Å². The van der Waals surface area contributed by atoms with E-state index in [2.05, 4.69) is 43.1 Å². The maximum atomic E-state index is 15.0. The molecule has 8 aromatic rings. The number of H-pyrrole nitrogens is 2. The average Bonchev–Trinajstić information content (AvgIpc) is 4.05. The Balaban J connectivity index is 1.07. The normalized spacial score (nSPS) is 13.1. The minimum atomic E-state index is -1.42. The Hall–Kier alpha value is -9.24. The van der Waals surface area contributed by atoms with Crippen molar-refractivity contribution in [1.29, 1.82) is 0 Å². The van der Waals surface area contributed by atoms with Gasteiger partial charge in [0.2, 0.25) is 23.6 Å². The van der Waals surface area contributed by atoms with Gasteiger partial charge in [-0.25, -0.2) is 4.79 Å². The number of ether oxygens (including phenoxy) is 1. The van der Waals surface area contributed by atoms with Gasteiger partial charge >= 0.3 is 5.97 Å². The fourth-order valence-corrected chi connectivity index (χ4v) is 8.84. The van der Waals surface area contributed by atoms with Gasteiger partial charge in [-0.3, -0.25) is 24.0 Å². The molecule has 0 unspecified atom stereocenters. The standard InChI is InChI=1S/C60H59N7O8/c1-37-22-29-45(30-23-37)75-36-54(68)67-55(38(2)48-35-62-50-21-13-11-19-47(48)50)59(72)66-52(32-41-24-27-43(28-25-41)42-16-8-5-9-17-42)58(71)65-53(33-44-34-61-49-20-12-10-18-46(44)49)57(70)63-39(3)56(69)64-51(60(73)74)31-26-40-14-6-4-7-15-40/h4-25,27-30,34-35,39,51-53,55,61-62H,2,26,31-33,36H2,1,3H3,(H,63,70)(H,64,69)(H,65,71)(H,66,72)(H,67,68)(H,73,74)/t39-,51-,52-,53+,55+/m1/s1. The van der Waals surface area contributed by atoms with Crippen molar-refractivity contribution < 1.29 is 38.6 Å². The number of amides is 5. The predicted molar refractivity (Wildman–Crippen MR) is 289 cm³/mol.